The summed E-state index contributed by atoms with van der Waals surface area (Å²) in [6, 6.07) is 29.7. The van der Waals surface area contributed by atoms with Crippen LogP contribution in [0, 0.1) is 0 Å². The summed E-state index contributed by atoms with van der Waals surface area (Å²) in [5.74, 6) is 0.450. The number of hydrogen-bond donors (Lipinski definition) is 2. The number of aromatic hydroxyl groups is 2. The number of aliphatic imine (C=N–C) groups is 2. The number of hydrogen-bond acceptors (Lipinski definition) is 5. The van der Waals surface area contributed by atoms with Gasteiger partial charge in [-0.1, -0.05) is 68.3 Å². The average molecular weight is 619 g/mol. The molecule has 8 heteroatoms. The Balaban J connectivity index is 0.000000224. The molecule has 0 aliphatic rings. The zero-order valence-corrected chi connectivity index (χ0v) is 22.4. The van der Waals surface area contributed by atoms with Gasteiger partial charge < -0.3 is 10.2 Å². The first-order valence-electron chi connectivity index (χ1n) is 9.85. The van der Waals surface area contributed by atoms with Gasteiger partial charge in [-0.15, -0.1) is 0 Å². The van der Waals surface area contributed by atoms with E-state index < -0.39 is 0 Å². The molecule has 0 aromatic heterocycles. The van der Waals surface area contributed by atoms with Crippen molar-refractivity contribution in [3.63, 3.8) is 0 Å². The van der Waals surface area contributed by atoms with Crippen LogP contribution < -0.4 is 0 Å². The Bertz CT molecular complexity index is 1140. The molecule has 0 heterocycles. The molecular weight excluding hydrogens is 599 g/mol. The molecular formula is C26H20Br2N2O3V. The second-order valence-corrected chi connectivity index (χ2v) is 8.43. The number of phenols is 2. The van der Waals surface area contributed by atoms with Crippen molar-refractivity contribution in [2.75, 3.05) is 0 Å². The standard InChI is InChI=1S/2C13H10BrNO.O.V/c2*14-11-6-7-13(16)10(8-11)9-15-12-4-2-1-3-5-12;;/h2*1-9,16H;;. The van der Waals surface area contributed by atoms with Gasteiger partial charge in [0.15, 0.2) is 0 Å². The minimum absolute atomic E-state index is 0.225. The summed E-state index contributed by atoms with van der Waals surface area (Å²) in [5.41, 5.74) is 3.11. The van der Waals surface area contributed by atoms with E-state index in [2.05, 4.69) is 41.8 Å². The Labute approximate surface area is 224 Å². The van der Waals surface area contributed by atoms with E-state index >= 15 is 0 Å². The van der Waals surface area contributed by atoms with Crippen molar-refractivity contribution in [2.45, 2.75) is 0 Å². The summed E-state index contributed by atoms with van der Waals surface area (Å²) in [4.78, 5) is 8.55. The van der Waals surface area contributed by atoms with Crippen LogP contribution in [0.4, 0.5) is 11.4 Å². The Morgan fingerprint density at radius 3 is 1.29 bits per heavy atom. The fourth-order valence-electron chi connectivity index (χ4n) is 2.57. The molecule has 0 spiro atoms. The van der Waals surface area contributed by atoms with E-state index in [0.717, 1.165) is 37.7 Å². The molecule has 171 valence electrons. The Hall–Kier alpha value is -2.84. The third-order valence-corrected chi connectivity index (χ3v) is 5.18. The molecule has 0 fully saturated rings. The normalized spacial score (nSPS) is 10.3. The predicted molar refractivity (Wildman–Crippen MR) is 140 cm³/mol. The summed E-state index contributed by atoms with van der Waals surface area (Å²) in [6.07, 6.45) is 3.30. The van der Waals surface area contributed by atoms with Crippen molar-refractivity contribution in [1.82, 2.24) is 0 Å². The molecule has 0 atom stereocenters. The van der Waals surface area contributed by atoms with Crippen LogP contribution in [0.25, 0.3) is 0 Å². The molecule has 4 aromatic carbocycles. The molecule has 0 aliphatic carbocycles. The van der Waals surface area contributed by atoms with E-state index in [-0.39, 0.29) is 11.5 Å². The molecule has 34 heavy (non-hydrogen) atoms. The summed E-state index contributed by atoms with van der Waals surface area (Å²) < 4.78 is 10.0. The zero-order chi connectivity index (χ0) is 24.8. The summed E-state index contributed by atoms with van der Waals surface area (Å²) in [6.45, 7) is 0. The summed E-state index contributed by atoms with van der Waals surface area (Å²) in [5, 5.41) is 19.2. The van der Waals surface area contributed by atoms with E-state index in [0.29, 0.717) is 11.1 Å². The maximum absolute atomic E-state index is 9.60. The molecule has 0 aliphatic heterocycles. The Morgan fingerprint density at radius 2 is 0.941 bits per heavy atom. The van der Waals surface area contributed by atoms with Gasteiger partial charge in [-0.05, 0) is 60.7 Å². The SMILES string of the molecule is Oc1ccc(Br)cc1C=Nc1ccccc1.Oc1ccc(Br)cc1C=Nc1ccccc1.[O]=[V]. The zero-order valence-electron chi connectivity index (χ0n) is 17.8. The third-order valence-electron chi connectivity index (χ3n) is 4.20. The van der Waals surface area contributed by atoms with E-state index in [4.69, 9.17) is 3.67 Å². The number of phenolic OH excluding ortho intramolecular Hbond substituents is 2. The van der Waals surface area contributed by atoms with E-state index in [1.54, 1.807) is 36.7 Å². The first-order valence-corrected chi connectivity index (χ1v) is 12.0. The number of benzene rings is 4. The minimum atomic E-state index is 0.225. The van der Waals surface area contributed by atoms with Crippen LogP contribution in [0.1, 0.15) is 11.1 Å². The van der Waals surface area contributed by atoms with Crippen LogP contribution in [-0.4, -0.2) is 22.6 Å². The average Bonchev–Trinajstić information content (AvgIpc) is 2.88. The summed E-state index contributed by atoms with van der Waals surface area (Å²) in [7, 11) is 0. The van der Waals surface area contributed by atoms with Gasteiger partial charge in [-0.25, -0.2) is 0 Å². The number of rotatable bonds is 4. The van der Waals surface area contributed by atoms with Crippen molar-refractivity contribution in [1.29, 1.82) is 0 Å². The number of halogens is 2. The number of para-hydroxylation sites is 2. The van der Waals surface area contributed by atoms with E-state index in [9.17, 15) is 10.2 Å². The second-order valence-electron chi connectivity index (χ2n) is 6.59. The molecule has 0 unspecified atom stereocenters. The second kappa shape index (κ2) is 15.1. The molecule has 0 radical (unpaired) electrons. The fraction of sp³-hybridized carbons (Fsp3) is 0. The molecule has 0 saturated heterocycles. The van der Waals surface area contributed by atoms with Crippen LogP contribution in [0.2, 0.25) is 0 Å². The van der Waals surface area contributed by atoms with Gasteiger partial charge in [-0.3, -0.25) is 9.98 Å². The maximum atomic E-state index is 9.60. The monoisotopic (exact) mass is 617 g/mol. The van der Waals surface area contributed by atoms with Crippen LogP contribution in [0.15, 0.2) is 116 Å². The Morgan fingerprint density at radius 1 is 0.588 bits per heavy atom. The molecule has 0 saturated carbocycles. The summed E-state index contributed by atoms with van der Waals surface area (Å²) >= 11 is 7.76. The van der Waals surface area contributed by atoms with Gasteiger partial charge >= 0.3 is 21.0 Å². The van der Waals surface area contributed by atoms with Gasteiger partial charge in [0.25, 0.3) is 0 Å². The molecule has 2 N–H and O–H groups in total. The molecule has 5 nitrogen and oxygen atoms in total. The van der Waals surface area contributed by atoms with Crippen molar-refractivity contribution in [2.24, 2.45) is 9.98 Å². The van der Waals surface area contributed by atoms with Crippen LogP contribution in [0.3, 0.4) is 0 Å². The topological polar surface area (TPSA) is 82.2 Å². The van der Waals surface area contributed by atoms with E-state index in [1.807, 2.05) is 72.8 Å². The van der Waals surface area contributed by atoms with Gasteiger partial charge in [0.1, 0.15) is 11.5 Å². The van der Waals surface area contributed by atoms with Gasteiger partial charge in [-0.2, -0.15) is 0 Å². The first kappa shape index (κ1) is 27.4. The Kier molecular flexibility index (Phi) is 12.2. The third kappa shape index (κ3) is 9.57. The quantitative estimate of drug-likeness (QED) is 0.230. The van der Waals surface area contributed by atoms with Crippen LogP contribution >= 0.6 is 31.9 Å². The van der Waals surface area contributed by atoms with E-state index in [1.165, 1.54) is 0 Å². The van der Waals surface area contributed by atoms with Gasteiger partial charge in [0.05, 0.1) is 11.4 Å². The van der Waals surface area contributed by atoms with Crippen LogP contribution in [0.5, 0.6) is 11.5 Å². The molecule has 4 aromatic rings. The van der Waals surface area contributed by atoms with Crippen molar-refractivity contribution in [3.05, 3.63) is 117 Å². The van der Waals surface area contributed by atoms with Crippen molar-refractivity contribution >= 4 is 55.7 Å². The molecule has 4 rings (SSSR count). The van der Waals surface area contributed by atoms with Gasteiger partial charge in [0.2, 0.25) is 0 Å². The van der Waals surface area contributed by atoms with Crippen molar-refractivity contribution < 1.29 is 31.3 Å². The number of nitrogens with zero attached hydrogens (tertiary/aromatic N) is 2. The van der Waals surface area contributed by atoms with Gasteiger partial charge in [0, 0.05) is 32.5 Å². The molecule has 0 bridgehead atoms. The predicted octanol–water partition coefficient (Wildman–Crippen LogP) is 7.69. The first-order chi connectivity index (χ1) is 16.5. The fourth-order valence-corrected chi connectivity index (χ4v) is 3.33. The van der Waals surface area contributed by atoms with Crippen molar-refractivity contribution in [3.8, 4) is 11.5 Å². The van der Waals surface area contributed by atoms with Crippen LogP contribution in [-0.2, 0) is 21.0 Å². The molecule has 0 amide bonds.